The van der Waals surface area contributed by atoms with Crippen molar-refractivity contribution in [2.24, 2.45) is 4.99 Å². The van der Waals surface area contributed by atoms with Crippen molar-refractivity contribution < 1.29 is 33.8 Å². The summed E-state index contributed by atoms with van der Waals surface area (Å²) in [6.07, 6.45) is 1.60. The topological polar surface area (TPSA) is 150 Å². The number of carboxylic acids is 1. The van der Waals surface area contributed by atoms with Crippen LogP contribution in [0.15, 0.2) is 46.3 Å². The Morgan fingerprint density at radius 1 is 1.19 bits per heavy atom. The van der Waals surface area contributed by atoms with Gasteiger partial charge in [-0.25, -0.2) is 9.79 Å². The molecule has 32 heavy (non-hydrogen) atoms. The molecular formula is C20H17N3O8S. The Kier molecular flexibility index (Phi) is 6.95. The third-order valence-electron chi connectivity index (χ3n) is 4.08. The van der Waals surface area contributed by atoms with E-state index in [2.05, 4.69) is 10.3 Å². The number of hydrogen-bond acceptors (Lipinski definition) is 9. The summed E-state index contributed by atoms with van der Waals surface area (Å²) in [6.45, 7) is -0.515. The lowest BCUT2D eigenvalue weighted by atomic mass is 10.2. The smallest absolute Gasteiger partial charge is 0.341 e. The number of nitro benzene ring substituents is 1. The number of amides is 1. The number of nitro groups is 1. The van der Waals surface area contributed by atoms with Gasteiger partial charge in [-0.1, -0.05) is 6.07 Å². The van der Waals surface area contributed by atoms with Crippen LogP contribution in [0, 0.1) is 10.1 Å². The minimum absolute atomic E-state index is 0.104. The minimum Gasteiger partial charge on any atom is -0.493 e. The first-order valence-electron chi connectivity index (χ1n) is 8.95. The number of rotatable bonds is 8. The van der Waals surface area contributed by atoms with Crippen LogP contribution in [-0.4, -0.2) is 47.9 Å². The fourth-order valence-electron chi connectivity index (χ4n) is 2.67. The van der Waals surface area contributed by atoms with Gasteiger partial charge in [0.05, 0.1) is 29.7 Å². The highest BCUT2D eigenvalue weighted by molar-refractivity contribution is 8.18. The number of methoxy groups -OCH3 is 2. The van der Waals surface area contributed by atoms with Gasteiger partial charge in [0.25, 0.3) is 5.91 Å². The average molecular weight is 459 g/mol. The Bertz CT molecular complexity index is 1150. The number of aliphatic carboxylic acids is 1. The van der Waals surface area contributed by atoms with E-state index in [-0.39, 0.29) is 33.9 Å². The van der Waals surface area contributed by atoms with E-state index in [4.69, 9.17) is 19.3 Å². The monoisotopic (exact) mass is 459 g/mol. The van der Waals surface area contributed by atoms with Gasteiger partial charge in [0.1, 0.15) is 0 Å². The van der Waals surface area contributed by atoms with E-state index in [0.29, 0.717) is 16.2 Å². The maximum Gasteiger partial charge on any atom is 0.341 e. The Morgan fingerprint density at radius 3 is 2.56 bits per heavy atom. The number of nitrogens with zero attached hydrogens (tertiary/aromatic N) is 2. The zero-order valence-corrected chi connectivity index (χ0v) is 17.7. The Hall–Kier alpha value is -4.06. The van der Waals surface area contributed by atoms with E-state index in [1.54, 1.807) is 18.2 Å². The summed E-state index contributed by atoms with van der Waals surface area (Å²) in [7, 11) is 2.74. The normalized spacial score (nSPS) is 15.5. The van der Waals surface area contributed by atoms with Crippen molar-refractivity contribution >= 4 is 46.3 Å². The van der Waals surface area contributed by atoms with E-state index in [1.807, 2.05) is 0 Å². The second-order valence-electron chi connectivity index (χ2n) is 6.19. The fraction of sp³-hybridized carbons (Fsp3) is 0.150. The first-order chi connectivity index (χ1) is 15.3. The molecule has 2 aromatic carbocycles. The fourth-order valence-corrected chi connectivity index (χ4v) is 3.51. The molecule has 0 atom stereocenters. The quantitative estimate of drug-likeness (QED) is 0.345. The summed E-state index contributed by atoms with van der Waals surface area (Å²) in [5, 5.41) is 22.8. The molecule has 2 aromatic rings. The molecule has 1 saturated heterocycles. The predicted molar refractivity (Wildman–Crippen MR) is 117 cm³/mol. The number of ether oxygens (including phenoxy) is 3. The lowest BCUT2D eigenvalue weighted by Crippen LogP contribution is -2.19. The SMILES string of the molecule is COc1cc(/C=C2\SC(=Nc3ccc(OC)c([N+](=O)[O-])c3)NC2=O)ccc1OCC(=O)O. The van der Waals surface area contributed by atoms with Crippen molar-refractivity contribution in [3.05, 3.63) is 57.0 Å². The van der Waals surface area contributed by atoms with Gasteiger partial charge in [-0.2, -0.15) is 0 Å². The molecule has 1 heterocycles. The van der Waals surface area contributed by atoms with Crippen LogP contribution in [0.25, 0.3) is 6.08 Å². The van der Waals surface area contributed by atoms with E-state index in [0.717, 1.165) is 11.8 Å². The number of hydrogen-bond donors (Lipinski definition) is 2. The summed E-state index contributed by atoms with van der Waals surface area (Å²) in [5.41, 5.74) is 0.656. The third-order valence-corrected chi connectivity index (χ3v) is 4.99. The molecule has 0 saturated carbocycles. The number of thioether (sulfide) groups is 1. The highest BCUT2D eigenvalue weighted by Crippen LogP contribution is 2.34. The van der Waals surface area contributed by atoms with Gasteiger partial charge in [0.2, 0.25) is 0 Å². The maximum atomic E-state index is 12.3. The van der Waals surface area contributed by atoms with E-state index in [9.17, 15) is 19.7 Å². The number of amidine groups is 1. The summed E-state index contributed by atoms with van der Waals surface area (Å²) in [6, 6.07) is 8.99. The molecule has 0 spiro atoms. The lowest BCUT2D eigenvalue weighted by Gasteiger charge is -2.09. The van der Waals surface area contributed by atoms with Crippen molar-refractivity contribution in [2.75, 3.05) is 20.8 Å². The van der Waals surface area contributed by atoms with Crippen molar-refractivity contribution in [3.8, 4) is 17.2 Å². The van der Waals surface area contributed by atoms with Crippen LogP contribution in [0.1, 0.15) is 5.56 Å². The summed E-state index contributed by atoms with van der Waals surface area (Å²) < 4.78 is 15.3. The number of carboxylic acid groups (broad SMARTS) is 1. The Labute approximate surface area is 185 Å². The van der Waals surface area contributed by atoms with Crippen LogP contribution in [0.4, 0.5) is 11.4 Å². The number of carbonyl (C=O) groups excluding carboxylic acids is 1. The zero-order chi connectivity index (χ0) is 23.3. The molecule has 12 heteroatoms. The van der Waals surface area contributed by atoms with Gasteiger partial charge in [-0.05, 0) is 47.7 Å². The van der Waals surface area contributed by atoms with Crippen LogP contribution in [0.3, 0.4) is 0 Å². The second kappa shape index (κ2) is 9.83. The van der Waals surface area contributed by atoms with E-state index in [1.165, 1.54) is 38.5 Å². The van der Waals surface area contributed by atoms with Gasteiger partial charge in [-0.3, -0.25) is 14.9 Å². The molecule has 0 aliphatic carbocycles. The van der Waals surface area contributed by atoms with Gasteiger partial charge in [0, 0.05) is 6.07 Å². The van der Waals surface area contributed by atoms with Crippen LogP contribution in [0.5, 0.6) is 17.2 Å². The van der Waals surface area contributed by atoms with Crippen LogP contribution in [0.2, 0.25) is 0 Å². The minimum atomic E-state index is -1.12. The number of benzene rings is 2. The van der Waals surface area contributed by atoms with Gasteiger partial charge >= 0.3 is 11.7 Å². The van der Waals surface area contributed by atoms with Gasteiger partial charge in [-0.15, -0.1) is 0 Å². The molecule has 0 unspecified atom stereocenters. The van der Waals surface area contributed by atoms with Crippen LogP contribution < -0.4 is 19.5 Å². The predicted octanol–water partition coefficient (Wildman–Crippen LogP) is 2.97. The zero-order valence-electron chi connectivity index (χ0n) is 16.9. The van der Waals surface area contributed by atoms with E-state index >= 15 is 0 Å². The van der Waals surface area contributed by atoms with E-state index < -0.39 is 17.5 Å². The summed E-state index contributed by atoms with van der Waals surface area (Å²) in [4.78, 5) is 38.2. The van der Waals surface area contributed by atoms with Crippen molar-refractivity contribution in [1.29, 1.82) is 0 Å². The average Bonchev–Trinajstić information content (AvgIpc) is 3.10. The molecule has 1 fully saturated rings. The molecule has 1 aliphatic heterocycles. The summed E-state index contributed by atoms with van der Waals surface area (Å²) >= 11 is 1.06. The van der Waals surface area contributed by atoms with Crippen molar-refractivity contribution in [3.63, 3.8) is 0 Å². The standard InChI is InChI=1S/C20H17N3O8S/c1-29-14-6-4-12(9-13(14)23(27)28)21-20-22-19(26)17(32-20)8-11-3-5-15(16(7-11)30-2)31-10-18(24)25/h3-9H,10H2,1-2H3,(H,24,25)(H,21,22,26)/b17-8-. The van der Waals surface area contributed by atoms with Gasteiger partial charge < -0.3 is 24.6 Å². The number of aliphatic imine (C=N–C) groups is 1. The molecule has 0 aromatic heterocycles. The number of nitrogens with one attached hydrogen (secondary N) is 1. The number of carbonyl (C=O) groups is 2. The molecule has 166 valence electrons. The maximum absolute atomic E-state index is 12.3. The molecule has 2 N–H and O–H groups in total. The van der Waals surface area contributed by atoms with Crippen LogP contribution >= 0.6 is 11.8 Å². The third kappa shape index (κ3) is 5.35. The Morgan fingerprint density at radius 2 is 1.91 bits per heavy atom. The summed E-state index contributed by atoms with van der Waals surface area (Å²) in [5.74, 6) is -0.840. The van der Waals surface area contributed by atoms with Gasteiger partial charge in [0.15, 0.2) is 29.0 Å². The molecule has 1 aliphatic rings. The first-order valence-corrected chi connectivity index (χ1v) is 9.77. The van der Waals surface area contributed by atoms with Crippen LogP contribution in [-0.2, 0) is 9.59 Å². The molecular weight excluding hydrogens is 442 g/mol. The first kappa shape index (κ1) is 22.6. The molecule has 1 amide bonds. The van der Waals surface area contributed by atoms with Crippen molar-refractivity contribution in [2.45, 2.75) is 0 Å². The second-order valence-corrected chi connectivity index (χ2v) is 7.22. The lowest BCUT2D eigenvalue weighted by molar-refractivity contribution is -0.385. The highest BCUT2D eigenvalue weighted by atomic mass is 32.2. The Balaban J connectivity index is 1.82. The molecule has 0 radical (unpaired) electrons. The van der Waals surface area contributed by atoms with Crippen molar-refractivity contribution in [1.82, 2.24) is 5.32 Å². The largest absolute Gasteiger partial charge is 0.493 e. The highest BCUT2D eigenvalue weighted by Gasteiger charge is 2.24. The molecule has 3 rings (SSSR count). The molecule has 11 nitrogen and oxygen atoms in total. The molecule has 0 bridgehead atoms.